The van der Waals surface area contributed by atoms with Crippen LogP contribution in [0.2, 0.25) is 0 Å². The SMILES string of the molecule is COc1cc(C=CC(=O)N2CCN(Cc3ccc4c(c3)OCO4)CC2)cc(OC)c1OC. The van der Waals surface area contributed by atoms with Gasteiger partial charge in [-0.3, -0.25) is 9.69 Å². The first kappa shape index (κ1) is 21.8. The van der Waals surface area contributed by atoms with Crippen molar-refractivity contribution in [2.24, 2.45) is 0 Å². The van der Waals surface area contributed by atoms with Gasteiger partial charge in [0, 0.05) is 38.8 Å². The van der Waals surface area contributed by atoms with Gasteiger partial charge < -0.3 is 28.6 Å². The number of carbonyl (C=O) groups excluding carboxylic acids is 1. The maximum absolute atomic E-state index is 12.7. The van der Waals surface area contributed by atoms with Crippen molar-refractivity contribution in [1.82, 2.24) is 9.80 Å². The van der Waals surface area contributed by atoms with E-state index in [-0.39, 0.29) is 12.7 Å². The summed E-state index contributed by atoms with van der Waals surface area (Å²) in [5.74, 6) is 3.21. The van der Waals surface area contributed by atoms with Crippen LogP contribution in [-0.4, -0.2) is 70.0 Å². The van der Waals surface area contributed by atoms with Crippen LogP contribution in [-0.2, 0) is 11.3 Å². The number of hydrogen-bond donors (Lipinski definition) is 0. The summed E-state index contributed by atoms with van der Waals surface area (Å²) < 4.78 is 26.9. The molecule has 0 aliphatic carbocycles. The Bertz CT molecular complexity index is 973. The van der Waals surface area contributed by atoms with E-state index in [0.29, 0.717) is 30.3 Å². The molecule has 0 radical (unpaired) electrons. The average molecular weight is 440 g/mol. The van der Waals surface area contributed by atoms with Gasteiger partial charge in [-0.25, -0.2) is 0 Å². The Kier molecular flexibility index (Phi) is 6.70. The van der Waals surface area contributed by atoms with Crippen LogP contribution in [0.1, 0.15) is 11.1 Å². The van der Waals surface area contributed by atoms with E-state index < -0.39 is 0 Å². The van der Waals surface area contributed by atoms with Gasteiger partial charge in [0.1, 0.15) is 0 Å². The fourth-order valence-corrected chi connectivity index (χ4v) is 3.89. The van der Waals surface area contributed by atoms with Crippen molar-refractivity contribution < 1.29 is 28.5 Å². The zero-order valence-electron chi connectivity index (χ0n) is 18.6. The number of carbonyl (C=O) groups is 1. The van der Waals surface area contributed by atoms with E-state index in [1.807, 2.05) is 29.2 Å². The molecule has 0 saturated carbocycles. The molecule has 0 unspecified atom stereocenters. The second kappa shape index (κ2) is 9.82. The molecule has 0 N–H and O–H groups in total. The van der Waals surface area contributed by atoms with Crippen molar-refractivity contribution in [2.75, 3.05) is 54.3 Å². The Morgan fingerprint density at radius 2 is 1.62 bits per heavy atom. The molecule has 8 heteroatoms. The Hall–Kier alpha value is -3.39. The van der Waals surface area contributed by atoms with Crippen LogP contribution < -0.4 is 23.7 Å². The van der Waals surface area contributed by atoms with Crippen molar-refractivity contribution in [3.05, 3.63) is 47.5 Å². The Morgan fingerprint density at radius 3 is 2.28 bits per heavy atom. The lowest BCUT2D eigenvalue weighted by molar-refractivity contribution is -0.127. The number of fused-ring (bicyclic) bond motifs is 1. The zero-order valence-corrected chi connectivity index (χ0v) is 18.6. The summed E-state index contributed by atoms with van der Waals surface area (Å²) in [6.45, 7) is 4.10. The monoisotopic (exact) mass is 440 g/mol. The van der Waals surface area contributed by atoms with E-state index in [9.17, 15) is 4.79 Å². The lowest BCUT2D eigenvalue weighted by Crippen LogP contribution is -2.47. The van der Waals surface area contributed by atoms with Gasteiger partial charge in [0.2, 0.25) is 18.4 Å². The normalized spacial score (nSPS) is 15.8. The van der Waals surface area contributed by atoms with Crippen molar-refractivity contribution in [3.63, 3.8) is 0 Å². The summed E-state index contributed by atoms with van der Waals surface area (Å²) in [6.07, 6.45) is 3.36. The molecule has 2 aromatic rings. The Morgan fingerprint density at radius 1 is 0.938 bits per heavy atom. The summed E-state index contributed by atoms with van der Waals surface area (Å²) in [5, 5.41) is 0. The Balaban J connectivity index is 1.33. The first-order valence-electron chi connectivity index (χ1n) is 10.5. The van der Waals surface area contributed by atoms with Gasteiger partial charge >= 0.3 is 0 Å². The van der Waals surface area contributed by atoms with E-state index in [2.05, 4.69) is 11.0 Å². The summed E-state index contributed by atoms with van der Waals surface area (Å²) >= 11 is 0. The van der Waals surface area contributed by atoms with Crippen molar-refractivity contribution in [3.8, 4) is 28.7 Å². The molecule has 2 aliphatic rings. The van der Waals surface area contributed by atoms with E-state index in [1.54, 1.807) is 33.5 Å². The van der Waals surface area contributed by atoms with Gasteiger partial charge in [0.05, 0.1) is 21.3 Å². The van der Waals surface area contributed by atoms with Crippen LogP contribution in [0.4, 0.5) is 0 Å². The van der Waals surface area contributed by atoms with Crippen LogP contribution in [0.3, 0.4) is 0 Å². The van der Waals surface area contributed by atoms with Gasteiger partial charge in [-0.1, -0.05) is 6.07 Å². The molecule has 1 fully saturated rings. The molecule has 2 heterocycles. The third-order valence-electron chi connectivity index (χ3n) is 5.63. The van der Waals surface area contributed by atoms with E-state index >= 15 is 0 Å². The van der Waals surface area contributed by atoms with Crippen LogP contribution in [0, 0.1) is 0 Å². The van der Waals surface area contributed by atoms with E-state index in [1.165, 1.54) is 5.56 Å². The number of benzene rings is 2. The van der Waals surface area contributed by atoms with Gasteiger partial charge in [-0.15, -0.1) is 0 Å². The van der Waals surface area contributed by atoms with Crippen LogP contribution in [0.5, 0.6) is 28.7 Å². The predicted molar refractivity (Wildman–Crippen MR) is 120 cm³/mol. The minimum absolute atomic E-state index is 0.0125. The summed E-state index contributed by atoms with van der Waals surface area (Å²) in [4.78, 5) is 16.9. The molecule has 0 aromatic heterocycles. The van der Waals surface area contributed by atoms with Crippen molar-refractivity contribution in [1.29, 1.82) is 0 Å². The highest BCUT2D eigenvalue weighted by Crippen LogP contribution is 2.38. The van der Waals surface area contributed by atoms with Gasteiger partial charge in [0.15, 0.2) is 23.0 Å². The van der Waals surface area contributed by atoms with Gasteiger partial charge in [-0.2, -0.15) is 0 Å². The molecule has 2 aromatic carbocycles. The van der Waals surface area contributed by atoms with Crippen LogP contribution in [0.15, 0.2) is 36.4 Å². The molecule has 1 saturated heterocycles. The third-order valence-corrected chi connectivity index (χ3v) is 5.63. The Labute approximate surface area is 187 Å². The highest BCUT2D eigenvalue weighted by molar-refractivity contribution is 5.92. The van der Waals surface area contributed by atoms with Gasteiger partial charge in [-0.05, 0) is 41.5 Å². The van der Waals surface area contributed by atoms with E-state index in [4.69, 9.17) is 23.7 Å². The molecule has 32 heavy (non-hydrogen) atoms. The van der Waals surface area contributed by atoms with Crippen molar-refractivity contribution >= 4 is 12.0 Å². The predicted octanol–water partition coefficient (Wildman–Crippen LogP) is 2.80. The molecule has 0 bridgehead atoms. The fraction of sp³-hybridized carbons (Fsp3) is 0.375. The molecule has 8 nitrogen and oxygen atoms in total. The highest BCUT2D eigenvalue weighted by atomic mass is 16.7. The minimum Gasteiger partial charge on any atom is -0.493 e. The first-order chi connectivity index (χ1) is 15.6. The minimum atomic E-state index is -0.0125. The molecule has 0 atom stereocenters. The van der Waals surface area contributed by atoms with E-state index in [0.717, 1.165) is 36.7 Å². The molecular formula is C24H28N2O6. The molecule has 170 valence electrons. The highest BCUT2D eigenvalue weighted by Gasteiger charge is 2.21. The van der Waals surface area contributed by atoms with Gasteiger partial charge in [0.25, 0.3) is 0 Å². The summed E-state index contributed by atoms with van der Waals surface area (Å²) in [5.41, 5.74) is 1.98. The number of methoxy groups -OCH3 is 3. The zero-order chi connectivity index (χ0) is 22.5. The lowest BCUT2D eigenvalue weighted by Gasteiger charge is -2.34. The number of piperazine rings is 1. The smallest absolute Gasteiger partial charge is 0.246 e. The molecule has 0 spiro atoms. The average Bonchev–Trinajstić information content (AvgIpc) is 3.30. The number of amides is 1. The number of ether oxygens (including phenoxy) is 5. The maximum atomic E-state index is 12.7. The molecule has 4 rings (SSSR count). The van der Waals surface area contributed by atoms with Crippen molar-refractivity contribution in [2.45, 2.75) is 6.54 Å². The number of rotatable bonds is 7. The second-order valence-electron chi connectivity index (χ2n) is 7.58. The maximum Gasteiger partial charge on any atom is 0.246 e. The van der Waals surface area contributed by atoms with Crippen LogP contribution in [0.25, 0.3) is 6.08 Å². The fourth-order valence-electron chi connectivity index (χ4n) is 3.89. The second-order valence-corrected chi connectivity index (χ2v) is 7.58. The topological polar surface area (TPSA) is 69.7 Å². The third kappa shape index (κ3) is 4.75. The molecular weight excluding hydrogens is 412 g/mol. The number of hydrogen-bond acceptors (Lipinski definition) is 7. The molecule has 1 amide bonds. The summed E-state index contributed by atoms with van der Waals surface area (Å²) in [6, 6.07) is 9.67. The first-order valence-corrected chi connectivity index (χ1v) is 10.5. The lowest BCUT2D eigenvalue weighted by atomic mass is 10.1. The standard InChI is InChI=1S/C24H28N2O6/c1-28-21-12-17(13-22(29-2)24(21)30-3)5-7-23(27)26-10-8-25(9-11-26)15-18-4-6-19-20(14-18)32-16-31-19/h4-7,12-14H,8-11,15-16H2,1-3H3. The molecule has 2 aliphatic heterocycles. The van der Waals surface area contributed by atoms with Crippen LogP contribution >= 0.6 is 0 Å². The quantitative estimate of drug-likeness (QED) is 0.613. The largest absolute Gasteiger partial charge is 0.493 e. The number of nitrogens with zero attached hydrogens (tertiary/aromatic N) is 2. The summed E-state index contributed by atoms with van der Waals surface area (Å²) in [7, 11) is 4.70.